The van der Waals surface area contributed by atoms with Gasteiger partial charge in [-0.2, -0.15) is 0 Å². The fourth-order valence-electron chi connectivity index (χ4n) is 1.13. The molecule has 1 atom stereocenters. The number of methoxy groups -OCH3 is 1. The first-order chi connectivity index (χ1) is 6.56. The molecule has 1 N–H and O–H groups in total. The van der Waals surface area contributed by atoms with Crippen molar-refractivity contribution in [1.82, 2.24) is 0 Å². The van der Waals surface area contributed by atoms with Gasteiger partial charge >= 0.3 is 5.92 Å². The van der Waals surface area contributed by atoms with Crippen molar-refractivity contribution in [1.29, 1.82) is 0 Å². The van der Waals surface area contributed by atoms with Gasteiger partial charge in [0.1, 0.15) is 0 Å². The molecule has 2 nitrogen and oxygen atoms in total. The molecule has 78 valence electrons. The van der Waals surface area contributed by atoms with Gasteiger partial charge in [-0.05, 0) is 5.56 Å². The van der Waals surface area contributed by atoms with Crippen molar-refractivity contribution < 1.29 is 18.6 Å². The van der Waals surface area contributed by atoms with Crippen molar-refractivity contribution in [2.75, 3.05) is 7.11 Å². The maximum atomic E-state index is 13.1. The molecule has 14 heavy (non-hydrogen) atoms. The highest BCUT2D eigenvalue weighted by Gasteiger charge is 2.38. The zero-order valence-corrected chi connectivity index (χ0v) is 7.78. The molecule has 1 rings (SSSR count). The van der Waals surface area contributed by atoms with Crippen LogP contribution in [0.3, 0.4) is 0 Å². The van der Waals surface area contributed by atoms with Gasteiger partial charge in [0.05, 0.1) is 0 Å². The highest BCUT2D eigenvalue weighted by molar-refractivity contribution is 5.16. The number of ether oxygens (including phenoxy) is 1. The van der Waals surface area contributed by atoms with E-state index in [4.69, 9.17) is 5.11 Å². The zero-order valence-electron chi connectivity index (χ0n) is 7.78. The van der Waals surface area contributed by atoms with Gasteiger partial charge < -0.3 is 9.84 Å². The van der Waals surface area contributed by atoms with Crippen molar-refractivity contribution in [3.05, 3.63) is 35.9 Å². The van der Waals surface area contributed by atoms with E-state index in [9.17, 15) is 8.78 Å². The van der Waals surface area contributed by atoms with E-state index >= 15 is 0 Å². The topological polar surface area (TPSA) is 29.5 Å². The standard InChI is InChI=1S/C10H12F2O2/c1-14-9(13)10(11,12)7-8-5-3-2-4-6-8/h2-6,9,13H,7H2,1H3. The third-order valence-corrected chi connectivity index (χ3v) is 1.87. The van der Waals surface area contributed by atoms with Crippen LogP contribution in [0.4, 0.5) is 8.78 Å². The van der Waals surface area contributed by atoms with Crippen LogP contribution in [-0.2, 0) is 11.2 Å². The lowest BCUT2D eigenvalue weighted by Crippen LogP contribution is -2.36. The van der Waals surface area contributed by atoms with E-state index in [1.54, 1.807) is 30.3 Å². The summed E-state index contributed by atoms with van der Waals surface area (Å²) >= 11 is 0. The lowest BCUT2D eigenvalue weighted by atomic mass is 10.1. The minimum Gasteiger partial charge on any atom is -0.363 e. The maximum absolute atomic E-state index is 13.1. The van der Waals surface area contributed by atoms with Crippen LogP contribution in [0.1, 0.15) is 5.56 Å². The molecule has 0 radical (unpaired) electrons. The Morgan fingerprint density at radius 3 is 2.43 bits per heavy atom. The van der Waals surface area contributed by atoms with Gasteiger partial charge in [0.25, 0.3) is 0 Å². The third-order valence-electron chi connectivity index (χ3n) is 1.87. The van der Waals surface area contributed by atoms with Gasteiger partial charge in [-0.1, -0.05) is 30.3 Å². The summed E-state index contributed by atoms with van der Waals surface area (Å²) in [5.74, 6) is -3.25. The molecular weight excluding hydrogens is 190 g/mol. The fraction of sp³-hybridized carbons (Fsp3) is 0.400. The summed E-state index contributed by atoms with van der Waals surface area (Å²) < 4.78 is 30.4. The molecule has 0 aliphatic rings. The Labute approximate surface area is 81.1 Å². The molecule has 1 aromatic carbocycles. The number of aliphatic hydroxyl groups is 1. The number of alkyl halides is 2. The molecule has 0 fully saturated rings. The monoisotopic (exact) mass is 202 g/mol. The van der Waals surface area contributed by atoms with Gasteiger partial charge in [0.2, 0.25) is 6.29 Å². The van der Waals surface area contributed by atoms with Crippen molar-refractivity contribution in [2.24, 2.45) is 0 Å². The maximum Gasteiger partial charge on any atom is 0.301 e. The molecule has 0 amide bonds. The summed E-state index contributed by atoms with van der Waals surface area (Å²) in [7, 11) is 1.05. The molecule has 0 saturated heterocycles. The van der Waals surface area contributed by atoms with Crippen LogP contribution >= 0.6 is 0 Å². The molecule has 0 aliphatic heterocycles. The van der Waals surface area contributed by atoms with Crippen LogP contribution < -0.4 is 0 Å². The first kappa shape index (κ1) is 11.1. The van der Waals surface area contributed by atoms with E-state index in [1.165, 1.54) is 0 Å². The molecular formula is C10H12F2O2. The Hall–Kier alpha value is -1.00. The fourth-order valence-corrected chi connectivity index (χ4v) is 1.13. The Bertz CT molecular complexity index is 275. The van der Waals surface area contributed by atoms with Gasteiger partial charge in [-0.15, -0.1) is 0 Å². The quantitative estimate of drug-likeness (QED) is 0.755. The Balaban J connectivity index is 2.68. The summed E-state index contributed by atoms with van der Waals surface area (Å²) in [6, 6.07) is 8.25. The van der Waals surface area contributed by atoms with E-state index in [2.05, 4.69) is 4.74 Å². The van der Waals surface area contributed by atoms with Crippen LogP contribution in [0.2, 0.25) is 0 Å². The summed E-state index contributed by atoms with van der Waals surface area (Å²) in [5.41, 5.74) is 0.466. The predicted molar refractivity (Wildman–Crippen MR) is 48.1 cm³/mol. The molecule has 0 saturated carbocycles. The Morgan fingerprint density at radius 2 is 1.93 bits per heavy atom. The van der Waals surface area contributed by atoms with Crippen LogP contribution in [-0.4, -0.2) is 24.4 Å². The molecule has 1 aromatic rings. The molecule has 0 heterocycles. The second kappa shape index (κ2) is 4.48. The van der Waals surface area contributed by atoms with Gasteiger partial charge in [0.15, 0.2) is 0 Å². The number of hydrogen-bond acceptors (Lipinski definition) is 2. The molecule has 0 aromatic heterocycles. The SMILES string of the molecule is COC(O)C(F)(F)Cc1ccccc1. The molecule has 0 bridgehead atoms. The second-order valence-corrected chi connectivity index (χ2v) is 3.01. The summed E-state index contributed by atoms with van der Waals surface area (Å²) in [5, 5.41) is 8.87. The van der Waals surface area contributed by atoms with E-state index in [0.717, 1.165) is 7.11 Å². The minimum atomic E-state index is -3.25. The van der Waals surface area contributed by atoms with E-state index in [-0.39, 0.29) is 0 Å². The highest BCUT2D eigenvalue weighted by Crippen LogP contribution is 2.24. The Kier molecular flexibility index (Phi) is 3.55. The minimum absolute atomic E-state index is 0.466. The Morgan fingerprint density at radius 1 is 1.36 bits per heavy atom. The lowest BCUT2D eigenvalue weighted by molar-refractivity contribution is -0.221. The molecule has 0 aliphatic carbocycles. The number of halogens is 2. The predicted octanol–water partition coefficient (Wildman–Crippen LogP) is 1.83. The number of benzene rings is 1. The van der Waals surface area contributed by atoms with Crippen molar-refractivity contribution in [2.45, 2.75) is 18.6 Å². The van der Waals surface area contributed by atoms with Gasteiger partial charge in [-0.3, -0.25) is 0 Å². The van der Waals surface area contributed by atoms with Gasteiger partial charge in [-0.25, -0.2) is 8.78 Å². The number of aliphatic hydroxyl groups excluding tert-OH is 1. The molecule has 1 unspecified atom stereocenters. The van der Waals surface area contributed by atoms with Crippen LogP contribution in [0, 0.1) is 0 Å². The van der Waals surface area contributed by atoms with Crippen molar-refractivity contribution >= 4 is 0 Å². The van der Waals surface area contributed by atoms with E-state index in [0.29, 0.717) is 5.56 Å². The van der Waals surface area contributed by atoms with Crippen LogP contribution in [0.15, 0.2) is 30.3 Å². The van der Waals surface area contributed by atoms with Crippen molar-refractivity contribution in [3.63, 3.8) is 0 Å². The smallest absolute Gasteiger partial charge is 0.301 e. The average Bonchev–Trinajstić information content (AvgIpc) is 2.17. The lowest BCUT2D eigenvalue weighted by Gasteiger charge is -2.20. The van der Waals surface area contributed by atoms with E-state index < -0.39 is 18.6 Å². The summed E-state index contributed by atoms with van der Waals surface area (Å²) in [6.45, 7) is 0. The highest BCUT2D eigenvalue weighted by atomic mass is 19.3. The average molecular weight is 202 g/mol. The summed E-state index contributed by atoms with van der Waals surface area (Å²) in [6.07, 6.45) is -2.58. The van der Waals surface area contributed by atoms with Crippen LogP contribution in [0.5, 0.6) is 0 Å². The summed E-state index contributed by atoms with van der Waals surface area (Å²) in [4.78, 5) is 0. The zero-order chi connectivity index (χ0) is 10.6. The first-order valence-electron chi connectivity index (χ1n) is 4.19. The number of hydrogen-bond donors (Lipinski definition) is 1. The molecule has 0 spiro atoms. The normalized spacial score (nSPS) is 14.0. The third kappa shape index (κ3) is 2.75. The van der Waals surface area contributed by atoms with E-state index in [1.807, 2.05) is 0 Å². The van der Waals surface area contributed by atoms with Crippen molar-refractivity contribution in [3.8, 4) is 0 Å². The number of rotatable bonds is 4. The molecule has 4 heteroatoms. The largest absolute Gasteiger partial charge is 0.363 e. The van der Waals surface area contributed by atoms with Crippen LogP contribution in [0.25, 0.3) is 0 Å². The van der Waals surface area contributed by atoms with Gasteiger partial charge in [0, 0.05) is 13.5 Å². The first-order valence-corrected chi connectivity index (χ1v) is 4.19. The second-order valence-electron chi connectivity index (χ2n) is 3.01.